The van der Waals surface area contributed by atoms with Crippen LogP contribution in [0.15, 0.2) is 67.5 Å². The Balaban J connectivity index is 1.85. The van der Waals surface area contributed by atoms with E-state index in [1.807, 2.05) is 62.1 Å². The summed E-state index contributed by atoms with van der Waals surface area (Å²) in [6, 6.07) is 11.7. The molecule has 0 spiro atoms. The molecule has 1 amide bonds. The van der Waals surface area contributed by atoms with E-state index in [0.717, 1.165) is 27.6 Å². The molecule has 3 heterocycles. The molecule has 0 fully saturated rings. The maximum Gasteiger partial charge on any atom is 0.255 e. The van der Waals surface area contributed by atoms with E-state index in [4.69, 9.17) is 4.98 Å². The van der Waals surface area contributed by atoms with E-state index >= 15 is 0 Å². The Morgan fingerprint density at radius 1 is 1.03 bits per heavy atom. The number of rotatable bonds is 5. The second kappa shape index (κ2) is 8.37. The summed E-state index contributed by atoms with van der Waals surface area (Å²) in [6.07, 6.45) is 8.44. The third-order valence-corrected chi connectivity index (χ3v) is 5.09. The van der Waals surface area contributed by atoms with E-state index in [1.54, 1.807) is 24.8 Å². The molecule has 30 heavy (non-hydrogen) atoms. The van der Waals surface area contributed by atoms with Crippen molar-refractivity contribution in [2.24, 2.45) is 0 Å². The number of fused-ring (bicyclic) bond motifs is 1. The van der Waals surface area contributed by atoms with Gasteiger partial charge in [-0.1, -0.05) is 24.3 Å². The number of carbonyl (C=O) groups is 1. The van der Waals surface area contributed by atoms with Crippen LogP contribution in [-0.4, -0.2) is 36.8 Å². The van der Waals surface area contributed by atoms with Crippen LogP contribution < -0.4 is 0 Å². The van der Waals surface area contributed by atoms with Gasteiger partial charge in [0.15, 0.2) is 0 Å². The number of pyridine rings is 2. The fraction of sp³-hybridized carbons (Fsp3) is 0.208. The summed E-state index contributed by atoms with van der Waals surface area (Å²) >= 11 is 0. The second-order valence-electron chi connectivity index (χ2n) is 7.54. The van der Waals surface area contributed by atoms with Gasteiger partial charge in [0.05, 0.1) is 16.8 Å². The molecule has 0 radical (unpaired) electrons. The zero-order valence-corrected chi connectivity index (χ0v) is 17.3. The largest absolute Gasteiger partial charge is 0.332 e. The van der Waals surface area contributed by atoms with Crippen LogP contribution in [0.3, 0.4) is 0 Å². The fourth-order valence-corrected chi connectivity index (χ4v) is 3.48. The summed E-state index contributed by atoms with van der Waals surface area (Å²) in [5, 5.41) is 0.845. The minimum absolute atomic E-state index is 0.0224. The van der Waals surface area contributed by atoms with Crippen LogP contribution in [0, 0.1) is 6.92 Å². The van der Waals surface area contributed by atoms with Crippen LogP contribution in [-0.2, 0) is 6.54 Å². The lowest BCUT2D eigenvalue weighted by Crippen LogP contribution is -2.36. The van der Waals surface area contributed by atoms with Gasteiger partial charge in [-0.05, 0) is 44.0 Å². The highest BCUT2D eigenvalue weighted by Gasteiger charge is 2.23. The molecule has 150 valence electrons. The maximum absolute atomic E-state index is 13.7. The Morgan fingerprint density at radius 2 is 1.83 bits per heavy atom. The quantitative estimate of drug-likeness (QED) is 0.498. The van der Waals surface area contributed by atoms with E-state index in [2.05, 4.69) is 15.0 Å². The van der Waals surface area contributed by atoms with E-state index in [9.17, 15) is 4.79 Å². The lowest BCUT2D eigenvalue weighted by Gasteiger charge is -2.27. The first-order valence-electron chi connectivity index (χ1n) is 9.90. The van der Waals surface area contributed by atoms with Gasteiger partial charge in [-0.15, -0.1) is 0 Å². The molecule has 6 nitrogen and oxygen atoms in total. The lowest BCUT2D eigenvalue weighted by atomic mass is 10.0. The van der Waals surface area contributed by atoms with Crippen molar-refractivity contribution in [1.82, 2.24) is 24.8 Å². The smallest absolute Gasteiger partial charge is 0.255 e. The Kier molecular flexibility index (Phi) is 5.48. The molecule has 0 atom stereocenters. The molecule has 0 aliphatic carbocycles. The number of hydrogen-bond donors (Lipinski definition) is 0. The molecule has 0 bridgehead atoms. The third-order valence-electron chi connectivity index (χ3n) is 5.09. The number of aryl methyl sites for hydroxylation is 1. The first-order valence-corrected chi connectivity index (χ1v) is 9.90. The lowest BCUT2D eigenvalue weighted by molar-refractivity contribution is 0.0692. The van der Waals surface area contributed by atoms with Crippen molar-refractivity contribution in [3.63, 3.8) is 0 Å². The minimum atomic E-state index is -0.0371. The van der Waals surface area contributed by atoms with Crippen LogP contribution in [0.4, 0.5) is 0 Å². The summed E-state index contributed by atoms with van der Waals surface area (Å²) in [6.45, 7) is 6.54. The van der Waals surface area contributed by atoms with E-state index in [-0.39, 0.29) is 11.9 Å². The predicted octanol–water partition coefficient (Wildman–Crippen LogP) is 4.45. The van der Waals surface area contributed by atoms with Crippen LogP contribution in [0.1, 0.15) is 35.3 Å². The summed E-state index contributed by atoms with van der Waals surface area (Å²) < 4.78 is 0. The van der Waals surface area contributed by atoms with Gasteiger partial charge in [-0.2, -0.15) is 0 Å². The van der Waals surface area contributed by atoms with Crippen molar-refractivity contribution in [3.05, 3.63) is 84.2 Å². The normalized spacial score (nSPS) is 11.1. The number of nitrogens with zero attached hydrogens (tertiary/aromatic N) is 5. The van der Waals surface area contributed by atoms with Crippen molar-refractivity contribution in [1.29, 1.82) is 0 Å². The van der Waals surface area contributed by atoms with E-state index < -0.39 is 0 Å². The number of benzene rings is 1. The molecular formula is C24H23N5O. The van der Waals surface area contributed by atoms with Crippen molar-refractivity contribution in [3.8, 4) is 11.3 Å². The topological polar surface area (TPSA) is 71.9 Å². The van der Waals surface area contributed by atoms with Crippen molar-refractivity contribution in [2.45, 2.75) is 33.4 Å². The Hall–Kier alpha value is -3.67. The Labute approximate surface area is 175 Å². The molecule has 0 N–H and O–H groups in total. The monoisotopic (exact) mass is 397 g/mol. The number of carbonyl (C=O) groups excluding carboxylic acids is 1. The average molecular weight is 397 g/mol. The zero-order chi connectivity index (χ0) is 21.1. The third kappa shape index (κ3) is 3.89. The second-order valence-corrected chi connectivity index (χ2v) is 7.54. The van der Waals surface area contributed by atoms with Gasteiger partial charge < -0.3 is 4.90 Å². The highest BCUT2D eigenvalue weighted by atomic mass is 16.2. The maximum atomic E-state index is 13.7. The molecule has 4 rings (SSSR count). The van der Waals surface area contributed by atoms with Gasteiger partial charge in [0.2, 0.25) is 0 Å². The summed E-state index contributed by atoms with van der Waals surface area (Å²) in [4.78, 5) is 32.8. The Bertz CT molecular complexity index is 1180. The molecule has 3 aromatic heterocycles. The SMILES string of the molecule is Cc1cccc2c(C(=O)N(Cc3cccnc3)C(C)C)cc(-c3cncnc3)nc12. The van der Waals surface area contributed by atoms with Gasteiger partial charge in [-0.3, -0.25) is 9.78 Å². The first kappa shape index (κ1) is 19.6. The molecular weight excluding hydrogens is 374 g/mol. The molecule has 6 heteroatoms. The van der Waals surface area contributed by atoms with Gasteiger partial charge in [0.1, 0.15) is 6.33 Å². The number of hydrogen-bond acceptors (Lipinski definition) is 5. The van der Waals surface area contributed by atoms with Crippen LogP contribution in [0.25, 0.3) is 22.2 Å². The van der Waals surface area contributed by atoms with Gasteiger partial charge in [0.25, 0.3) is 5.91 Å². The molecule has 0 saturated carbocycles. The van der Waals surface area contributed by atoms with Crippen molar-refractivity contribution >= 4 is 16.8 Å². The summed E-state index contributed by atoms with van der Waals surface area (Å²) in [7, 11) is 0. The van der Waals surface area contributed by atoms with Crippen LogP contribution >= 0.6 is 0 Å². The Morgan fingerprint density at radius 3 is 2.53 bits per heavy atom. The van der Waals surface area contributed by atoms with E-state index in [1.165, 1.54) is 6.33 Å². The summed E-state index contributed by atoms with van der Waals surface area (Å²) in [5.74, 6) is -0.0371. The van der Waals surface area contributed by atoms with Crippen molar-refractivity contribution < 1.29 is 4.79 Å². The zero-order valence-electron chi connectivity index (χ0n) is 17.3. The average Bonchev–Trinajstić information content (AvgIpc) is 2.78. The number of aromatic nitrogens is 4. The van der Waals surface area contributed by atoms with E-state index in [0.29, 0.717) is 17.8 Å². The molecule has 0 aliphatic heterocycles. The van der Waals surface area contributed by atoms with Gasteiger partial charge in [0, 0.05) is 48.3 Å². The molecule has 0 aliphatic rings. The number of para-hydroxylation sites is 1. The summed E-state index contributed by atoms with van der Waals surface area (Å²) in [5.41, 5.74) is 4.91. The van der Waals surface area contributed by atoms with Crippen molar-refractivity contribution in [2.75, 3.05) is 0 Å². The molecule has 4 aromatic rings. The number of amides is 1. The predicted molar refractivity (Wildman–Crippen MR) is 117 cm³/mol. The van der Waals surface area contributed by atoms with Gasteiger partial charge in [-0.25, -0.2) is 15.0 Å². The molecule has 1 aromatic carbocycles. The van der Waals surface area contributed by atoms with Crippen LogP contribution in [0.5, 0.6) is 0 Å². The first-order chi connectivity index (χ1) is 14.5. The fourth-order valence-electron chi connectivity index (χ4n) is 3.48. The molecule has 0 saturated heterocycles. The minimum Gasteiger partial charge on any atom is -0.332 e. The molecule has 0 unspecified atom stereocenters. The van der Waals surface area contributed by atoms with Crippen LogP contribution in [0.2, 0.25) is 0 Å². The standard InChI is InChI=1S/C24H23N5O/c1-16(2)29(14-18-7-5-9-25-11-18)24(30)21-10-22(19-12-26-15-27-13-19)28-23-17(3)6-4-8-20(21)23/h4-13,15-16H,14H2,1-3H3. The highest BCUT2D eigenvalue weighted by molar-refractivity contribution is 6.07. The van der Waals surface area contributed by atoms with Gasteiger partial charge >= 0.3 is 0 Å². The highest BCUT2D eigenvalue weighted by Crippen LogP contribution is 2.28.